The highest BCUT2D eigenvalue weighted by molar-refractivity contribution is 7.89. The van der Waals surface area contributed by atoms with Gasteiger partial charge in [0.05, 0.1) is 23.5 Å². The Bertz CT molecular complexity index is 1300. The van der Waals surface area contributed by atoms with E-state index in [1.54, 1.807) is 0 Å². The minimum absolute atomic E-state index is 0.0457. The first-order valence-corrected chi connectivity index (χ1v) is 12.3. The van der Waals surface area contributed by atoms with Crippen LogP contribution in [0.3, 0.4) is 0 Å². The van der Waals surface area contributed by atoms with Gasteiger partial charge >= 0.3 is 0 Å². The van der Waals surface area contributed by atoms with Crippen molar-refractivity contribution in [1.29, 1.82) is 5.26 Å². The number of nitrogens with one attached hydrogen (secondary N) is 1. The normalized spacial score (nSPS) is 18.0. The Balaban J connectivity index is 1.58. The van der Waals surface area contributed by atoms with Gasteiger partial charge in [-0.1, -0.05) is 11.6 Å². The van der Waals surface area contributed by atoms with Crippen LogP contribution in [0.1, 0.15) is 56.2 Å². The fourth-order valence-electron chi connectivity index (χ4n) is 4.37. The van der Waals surface area contributed by atoms with Gasteiger partial charge in [-0.3, -0.25) is 0 Å². The van der Waals surface area contributed by atoms with Crippen molar-refractivity contribution >= 4 is 20.9 Å². The molecule has 1 N–H and O–H groups in total. The van der Waals surface area contributed by atoms with Crippen LogP contribution in [0, 0.1) is 24.2 Å². The zero-order valence-electron chi connectivity index (χ0n) is 17.7. The molecule has 2 aromatic heterocycles. The van der Waals surface area contributed by atoms with Crippen molar-refractivity contribution in [2.45, 2.75) is 62.9 Å². The molecule has 2 fully saturated rings. The predicted molar refractivity (Wildman–Crippen MR) is 118 cm³/mol. The van der Waals surface area contributed by atoms with Crippen LogP contribution in [0.15, 0.2) is 35.5 Å². The molecular weight excluding hydrogens is 410 g/mol. The van der Waals surface area contributed by atoms with Gasteiger partial charge < -0.3 is 4.57 Å². The first-order valence-electron chi connectivity index (χ1n) is 10.8. The number of nitriles is 1. The second kappa shape index (κ2) is 7.43. The molecule has 2 aliphatic rings. The Morgan fingerprint density at radius 2 is 1.90 bits per heavy atom. The molecule has 31 heavy (non-hydrogen) atoms. The number of aromatic nitrogens is 3. The number of aryl methyl sites for hydroxylation is 1. The molecule has 0 amide bonds. The van der Waals surface area contributed by atoms with Crippen LogP contribution in [-0.4, -0.2) is 29.0 Å². The van der Waals surface area contributed by atoms with Crippen LogP contribution in [0.5, 0.6) is 0 Å². The Kier molecular flexibility index (Phi) is 4.83. The van der Waals surface area contributed by atoms with E-state index >= 15 is 0 Å². The van der Waals surface area contributed by atoms with Crippen molar-refractivity contribution in [3.63, 3.8) is 0 Å². The van der Waals surface area contributed by atoms with Crippen molar-refractivity contribution in [2.24, 2.45) is 5.92 Å². The molecular formula is C23H25N5O2S. The number of fused-ring (bicyclic) bond motifs is 1. The highest BCUT2D eigenvalue weighted by atomic mass is 32.2. The van der Waals surface area contributed by atoms with Gasteiger partial charge in [-0.05, 0) is 64.0 Å². The zero-order chi connectivity index (χ0) is 21.8. The maximum absolute atomic E-state index is 12.7. The highest BCUT2D eigenvalue weighted by Crippen LogP contribution is 2.41. The van der Waals surface area contributed by atoms with Crippen molar-refractivity contribution in [2.75, 3.05) is 0 Å². The van der Waals surface area contributed by atoms with Crippen LogP contribution in [0.25, 0.3) is 22.4 Å². The predicted octanol–water partition coefficient (Wildman–Crippen LogP) is 4.08. The molecule has 160 valence electrons. The summed E-state index contributed by atoms with van der Waals surface area (Å²) in [7, 11) is -3.68. The molecule has 3 aromatic rings. The second-order valence-corrected chi connectivity index (χ2v) is 10.5. The molecule has 7 nitrogen and oxygen atoms in total. The van der Waals surface area contributed by atoms with Crippen LogP contribution >= 0.6 is 0 Å². The largest absolute Gasteiger partial charge is 0.334 e. The van der Waals surface area contributed by atoms with Crippen LogP contribution in [0.2, 0.25) is 0 Å². The SMILES string of the molecule is Cc1ccc2c(c1)c(C#N)c(-c1ncc(S(=O)(=O)N[C@@H](C)C3CC3)cn1)n2C1CCC1. The van der Waals surface area contributed by atoms with E-state index in [0.29, 0.717) is 29.0 Å². The number of nitrogens with zero attached hydrogens (tertiary/aromatic N) is 4. The summed E-state index contributed by atoms with van der Waals surface area (Å²) in [5.41, 5.74) is 3.30. The molecule has 0 aliphatic heterocycles. The molecule has 5 rings (SSSR count). The van der Waals surface area contributed by atoms with Gasteiger partial charge in [0.25, 0.3) is 0 Å². The van der Waals surface area contributed by atoms with E-state index in [1.165, 1.54) is 12.4 Å². The summed E-state index contributed by atoms with van der Waals surface area (Å²) in [4.78, 5) is 8.86. The third kappa shape index (κ3) is 3.52. The molecule has 1 atom stereocenters. The lowest BCUT2D eigenvalue weighted by Crippen LogP contribution is -2.34. The summed E-state index contributed by atoms with van der Waals surface area (Å²) in [6.07, 6.45) is 8.05. The lowest BCUT2D eigenvalue weighted by atomic mass is 9.92. The fourth-order valence-corrected chi connectivity index (χ4v) is 5.57. The van der Waals surface area contributed by atoms with E-state index in [4.69, 9.17) is 0 Å². The molecule has 2 saturated carbocycles. The van der Waals surface area contributed by atoms with Crippen molar-refractivity contribution < 1.29 is 8.42 Å². The molecule has 0 spiro atoms. The Morgan fingerprint density at radius 1 is 1.19 bits per heavy atom. The Labute approximate surface area is 182 Å². The summed E-state index contributed by atoms with van der Waals surface area (Å²) >= 11 is 0. The molecule has 1 aromatic carbocycles. The number of rotatable bonds is 6. The van der Waals surface area contributed by atoms with E-state index in [2.05, 4.69) is 31.4 Å². The smallest absolute Gasteiger partial charge is 0.243 e. The molecule has 0 radical (unpaired) electrons. The highest BCUT2D eigenvalue weighted by Gasteiger charge is 2.32. The molecule has 0 unspecified atom stereocenters. The fraction of sp³-hybridized carbons (Fsp3) is 0.435. The standard InChI is InChI=1S/C23H25N5O2S/c1-14-6-9-21-19(10-14)20(11-24)22(28(21)17-4-3-5-17)23-25-12-18(13-26-23)31(29,30)27-15(2)16-7-8-16/h6,9-10,12-13,15-17,27H,3-5,7-8H2,1-2H3/t15-/m0/s1. The third-order valence-electron chi connectivity index (χ3n) is 6.53. The van der Waals surface area contributed by atoms with Crippen molar-refractivity contribution in [3.05, 3.63) is 41.7 Å². The molecule has 2 heterocycles. The maximum atomic E-state index is 12.7. The van der Waals surface area contributed by atoms with Gasteiger partial charge in [0, 0.05) is 17.5 Å². The van der Waals surface area contributed by atoms with E-state index < -0.39 is 10.0 Å². The third-order valence-corrected chi connectivity index (χ3v) is 8.04. The Morgan fingerprint density at radius 3 is 2.48 bits per heavy atom. The van der Waals surface area contributed by atoms with Crippen molar-refractivity contribution in [1.82, 2.24) is 19.3 Å². The van der Waals surface area contributed by atoms with Gasteiger partial charge in [0.1, 0.15) is 16.7 Å². The van der Waals surface area contributed by atoms with Gasteiger partial charge in [-0.25, -0.2) is 23.1 Å². The zero-order valence-corrected chi connectivity index (χ0v) is 18.5. The maximum Gasteiger partial charge on any atom is 0.243 e. The Hall–Kier alpha value is -2.76. The second-order valence-electron chi connectivity index (χ2n) is 8.80. The van der Waals surface area contributed by atoms with Gasteiger partial charge in [0.15, 0.2) is 5.82 Å². The topological polar surface area (TPSA) is 101 Å². The summed E-state index contributed by atoms with van der Waals surface area (Å²) in [6.45, 7) is 3.90. The first-order chi connectivity index (χ1) is 14.9. The van der Waals surface area contributed by atoms with Gasteiger partial charge in [-0.15, -0.1) is 0 Å². The number of hydrogen-bond acceptors (Lipinski definition) is 5. The first kappa shape index (κ1) is 20.2. The molecule has 0 bridgehead atoms. The minimum Gasteiger partial charge on any atom is -0.334 e. The van der Waals surface area contributed by atoms with Gasteiger partial charge in [-0.2, -0.15) is 5.26 Å². The molecule has 2 aliphatic carbocycles. The monoisotopic (exact) mass is 435 g/mol. The van der Waals surface area contributed by atoms with Crippen LogP contribution < -0.4 is 4.72 Å². The lowest BCUT2D eigenvalue weighted by Gasteiger charge is -2.29. The minimum atomic E-state index is -3.68. The molecule has 8 heteroatoms. The van der Waals surface area contributed by atoms with E-state index in [-0.39, 0.29) is 10.9 Å². The summed E-state index contributed by atoms with van der Waals surface area (Å²) < 4.78 is 30.3. The summed E-state index contributed by atoms with van der Waals surface area (Å²) in [5.74, 6) is 0.793. The lowest BCUT2D eigenvalue weighted by molar-refractivity contribution is 0.323. The van der Waals surface area contributed by atoms with Crippen molar-refractivity contribution in [3.8, 4) is 17.6 Å². The average Bonchev–Trinajstić information content (AvgIpc) is 3.51. The number of sulfonamides is 1. The number of hydrogen-bond donors (Lipinski definition) is 1. The number of benzene rings is 1. The quantitative estimate of drug-likeness (QED) is 0.629. The van der Waals surface area contributed by atoms with E-state index in [0.717, 1.165) is 48.6 Å². The van der Waals surface area contributed by atoms with Crippen LogP contribution in [-0.2, 0) is 10.0 Å². The van der Waals surface area contributed by atoms with Crippen LogP contribution in [0.4, 0.5) is 0 Å². The van der Waals surface area contributed by atoms with Gasteiger partial charge in [0.2, 0.25) is 10.0 Å². The summed E-state index contributed by atoms with van der Waals surface area (Å²) in [6, 6.07) is 8.67. The van der Waals surface area contributed by atoms with E-state index in [1.807, 2.05) is 26.0 Å². The average molecular weight is 436 g/mol. The van der Waals surface area contributed by atoms with E-state index in [9.17, 15) is 13.7 Å². The summed E-state index contributed by atoms with van der Waals surface area (Å²) in [5, 5.41) is 10.9. The molecule has 0 saturated heterocycles.